The third-order valence-electron chi connectivity index (χ3n) is 4.09. The molecule has 1 aromatic carbocycles. The van der Waals surface area contributed by atoms with Crippen LogP contribution in [0.1, 0.15) is 16.1 Å². The Kier molecular flexibility index (Phi) is 4.25. The first kappa shape index (κ1) is 16.7. The fourth-order valence-electron chi connectivity index (χ4n) is 2.82. The van der Waals surface area contributed by atoms with Crippen LogP contribution in [0.15, 0.2) is 60.9 Å². The second-order valence-electron chi connectivity index (χ2n) is 6.03. The molecule has 4 rings (SSSR count). The molecule has 0 fully saturated rings. The number of para-hydroxylation sites is 1. The first-order valence-corrected chi connectivity index (χ1v) is 8.40. The van der Waals surface area contributed by atoms with Crippen LogP contribution in [-0.2, 0) is 7.05 Å². The topological polar surface area (TPSA) is 81.9 Å². The number of aryl methyl sites for hydroxylation is 2. The van der Waals surface area contributed by atoms with E-state index in [-0.39, 0.29) is 11.8 Å². The lowest BCUT2D eigenvalue weighted by Gasteiger charge is -2.10. The Morgan fingerprint density at radius 3 is 2.74 bits per heavy atom. The summed E-state index contributed by atoms with van der Waals surface area (Å²) < 4.78 is 7.47. The van der Waals surface area contributed by atoms with E-state index in [1.54, 1.807) is 41.3 Å². The van der Waals surface area contributed by atoms with E-state index in [4.69, 9.17) is 4.74 Å². The first-order chi connectivity index (χ1) is 13.1. The zero-order chi connectivity index (χ0) is 18.8. The molecule has 3 heterocycles. The van der Waals surface area contributed by atoms with Crippen molar-refractivity contribution < 1.29 is 9.53 Å². The maximum Gasteiger partial charge on any atom is 0.261 e. The van der Waals surface area contributed by atoms with E-state index in [1.165, 1.54) is 0 Å². The summed E-state index contributed by atoms with van der Waals surface area (Å²) in [5.41, 5.74) is 2.54. The van der Waals surface area contributed by atoms with Crippen molar-refractivity contribution in [1.82, 2.24) is 19.7 Å². The van der Waals surface area contributed by atoms with Crippen LogP contribution in [-0.4, -0.2) is 25.7 Å². The highest BCUT2D eigenvalue weighted by molar-refractivity contribution is 6.06. The van der Waals surface area contributed by atoms with Crippen molar-refractivity contribution in [2.24, 2.45) is 7.05 Å². The van der Waals surface area contributed by atoms with Gasteiger partial charge in [-0.3, -0.25) is 9.48 Å². The van der Waals surface area contributed by atoms with Gasteiger partial charge < -0.3 is 10.1 Å². The second-order valence-corrected chi connectivity index (χ2v) is 6.03. The highest BCUT2D eigenvalue weighted by Gasteiger charge is 2.16. The summed E-state index contributed by atoms with van der Waals surface area (Å²) in [5.74, 6) is 0.531. The molecular weight excluding hydrogens is 342 g/mol. The lowest BCUT2D eigenvalue weighted by Crippen LogP contribution is -2.13. The molecule has 134 valence electrons. The molecule has 0 atom stereocenters. The number of nitrogens with zero attached hydrogens (tertiary/aromatic N) is 4. The number of carbonyl (C=O) groups excluding carboxylic acids is 1. The summed E-state index contributed by atoms with van der Waals surface area (Å²) >= 11 is 0. The molecule has 1 amide bonds. The first-order valence-electron chi connectivity index (χ1n) is 8.40. The Balaban J connectivity index is 1.61. The summed E-state index contributed by atoms with van der Waals surface area (Å²) in [5, 5.41) is 8.09. The van der Waals surface area contributed by atoms with Gasteiger partial charge in [-0.15, -0.1) is 0 Å². The smallest absolute Gasteiger partial charge is 0.261 e. The van der Waals surface area contributed by atoms with Crippen LogP contribution in [0.4, 0.5) is 5.69 Å². The van der Waals surface area contributed by atoms with Crippen LogP contribution < -0.4 is 10.1 Å². The van der Waals surface area contributed by atoms with Crippen LogP contribution in [0, 0.1) is 6.92 Å². The van der Waals surface area contributed by atoms with Crippen molar-refractivity contribution >= 4 is 22.6 Å². The number of hydrogen-bond acceptors (Lipinski definition) is 5. The number of rotatable bonds is 4. The van der Waals surface area contributed by atoms with Crippen molar-refractivity contribution in [3.8, 4) is 11.6 Å². The van der Waals surface area contributed by atoms with Crippen LogP contribution in [0.2, 0.25) is 0 Å². The van der Waals surface area contributed by atoms with Crippen molar-refractivity contribution in [2.75, 3.05) is 5.32 Å². The number of hydrogen-bond donors (Lipinski definition) is 1. The minimum absolute atomic E-state index is 0.243. The molecule has 4 aromatic rings. The Morgan fingerprint density at radius 2 is 1.93 bits per heavy atom. The number of carbonyl (C=O) groups is 1. The molecule has 0 saturated carbocycles. The predicted molar refractivity (Wildman–Crippen MR) is 102 cm³/mol. The van der Waals surface area contributed by atoms with Crippen molar-refractivity contribution in [3.63, 3.8) is 0 Å². The van der Waals surface area contributed by atoms with E-state index in [0.717, 1.165) is 16.7 Å². The minimum atomic E-state index is -0.322. The zero-order valence-corrected chi connectivity index (χ0v) is 14.9. The third kappa shape index (κ3) is 3.35. The molecule has 0 bridgehead atoms. The lowest BCUT2D eigenvalue weighted by molar-refractivity contribution is 0.102. The number of nitrogens with one attached hydrogen (secondary N) is 1. The van der Waals surface area contributed by atoms with Gasteiger partial charge in [-0.05, 0) is 37.3 Å². The van der Waals surface area contributed by atoms with Crippen LogP contribution in [0.25, 0.3) is 11.0 Å². The van der Waals surface area contributed by atoms with Gasteiger partial charge in [-0.1, -0.05) is 18.2 Å². The molecule has 0 radical (unpaired) electrons. The van der Waals surface area contributed by atoms with E-state index < -0.39 is 0 Å². The van der Waals surface area contributed by atoms with Gasteiger partial charge in [0.05, 0.1) is 17.6 Å². The summed E-state index contributed by atoms with van der Waals surface area (Å²) in [6.45, 7) is 1.91. The van der Waals surface area contributed by atoms with Crippen LogP contribution in [0.3, 0.4) is 0 Å². The lowest BCUT2D eigenvalue weighted by atomic mass is 10.2. The number of amides is 1. The van der Waals surface area contributed by atoms with Gasteiger partial charge in [0.25, 0.3) is 5.91 Å². The second kappa shape index (κ2) is 6.87. The summed E-state index contributed by atoms with van der Waals surface area (Å²) in [6, 6.07) is 14.4. The maximum absolute atomic E-state index is 12.8. The van der Waals surface area contributed by atoms with Gasteiger partial charge >= 0.3 is 0 Å². The summed E-state index contributed by atoms with van der Waals surface area (Å²) in [6.07, 6.45) is 3.19. The SMILES string of the molecule is Cc1nn(C)c2ncc(NC(=O)c3cccnc3Oc3ccccc3)cc12. The van der Waals surface area contributed by atoms with Crippen molar-refractivity contribution in [2.45, 2.75) is 6.92 Å². The van der Waals surface area contributed by atoms with Gasteiger partial charge in [0.1, 0.15) is 11.3 Å². The van der Waals surface area contributed by atoms with Gasteiger partial charge in [0.2, 0.25) is 5.88 Å². The number of benzene rings is 1. The normalized spacial score (nSPS) is 10.7. The van der Waals surface area contributed by atoms with Gasteiger partial charge in [0.15, 0.2) is 5.65 Å². The summed E-state index contributed by atoms with van der Waals surface area (Å²) in [4.78, 5) is 21.3. The molecule has 0 aliphatic carbocycles. The number of aromatic nitrogens is 4. The number of ether oxygens (including phenoxy) is 1. The monoisotopic (exact) mass is 359 g/mol. The number of anilines is 1. The van der Waals surface area contributed by atoms with E-state index in [2.05, 4.69) is 20.4 Å². The molecule has 0 aliphatic heterocycles. The molecule has 7 nitrogen and oxygen atoms in total. The molecule has 0 saturated heterocycles. The molecule has 3 aromatic heterocycles. The van der Waals surface area contributed by atoms with Crippen molar-refractivity contribution in [3.05, 3.63) is 72.2 Å². The molecule has 7 heteroatoms. The van der Waals surface area contributed by atoms with Gasteiger partial charge in [-0.2, -0.15) is 5.10 Å². The third-order valence-corrected chi connectivity index (χ3v) is 4.09. The maximum atomic E-state index is 12.8. The van der Waals surface area contributed by atoms with Crippen LogP contribution in [0.5, 0.6) is 11.6 Å². The average Bonchev–Trinajstić information content (AvgIpc) is 2.96. The average molecular weight is 359 g/mol. The molecular formula is C20H17N5O2. The molecule has 0 spiro atoms. The highest BCUT2D eigenvalue weighted by Crippen LogP contribution is 2.24. The highest BCUT2D eigenvalue weighted by atomic mass is 16.5. The Morgan fingerprint density at radius 1 is 1.11 bits per heavy atom. The molecule has 0 aliphatic rings. The van der Waals surface area contributed by atoms with Gasteiger partial charge in [0, 0.05) is 18.6 Å². The molecule has 27 heavy (non-hydrogen) atoms. The zero-order valence-electron chi connectivity index (χ0n) is 14.9. The van der Waals surface area contributed by atoms with E-state index >= 15 is 0 Å². The molecule has 1 N–H and O–H groups in total. The predicted octanol–water partition coefficient (Wildman–Crippen LogP) is 3.72. The van der Waals surface area contributed by atoms with Crippen LogP contribution >= 0.6 is 0 Å². The van der Waals surface area contributed by atoms with E-state index in [0.29, 0.717) is 17.0 Å². The number of fused-ring (bicyclic) bond motifs is 1. The molecule has 0 unspecified atom stereocenters. The largest absolute Gasteiger partial charge is 0.438 e. The quantitative estimate of drug-likeness (QED) is 0.600. The standard InChI is InChI=1S/C20H17N5O2/c1-13-17-11-14(12-22-18(17)25(2)24-13)23-19(26)16-9-6-10-21-20(16)27-15-7-4-3-5-8-15/h3-12H,1-2H3,(H,23,26). The van der Waals surface area contributed by atoms with E-state index in [9.17, 15) is 4.79 Å². The van der Waals surface area contributed by atoms with Gasteiger partial charge in [-0.25, -0.2) is 9.97 Å². The van der Waals surface area contributed by atoms with E-state index in [1.807, 2.05) is 38.2 Å². The minimum Gasteiger partial charge on any atom is -0.438 e. The Labute approximate surface area is 155 Å². The Bertz CT molecular complexity index is 1120. The Hall–Kier alpha value is -3.74. The summed E-state index contributed by atoms with van der Waals surface area (Å²) in [7, 11) is 1.84. The fourth-order valence-corrected chi connectivity index (χ4v) is 2.82. The number of pyridine rings is 2. The fraction of sp³-hybridized carbons (Fsp3) is 0.100. The van der Waals surface area contributed by atoms with Crippen molar-refractivity contribution in [1.29, 1.82) is 0 Å².